The van der Waals surface area contributed by atoms with E-state index in [1.165, 1.54) is 5.56 Å². The van der Waals surface area contributed by atoms with E-state index in [1.54, 1.807) is 13.2 Å². The molecule has 2 rings (SSSR count). The fourth-order valence-electron chi connectivity index (χ4n) is 2.56. The number of nitrogens with zero attached hydrogens (tertiary/aromatic N) is 1. The summed E-state index contributed by atoms with van der Waals surface area (Å²) in [5.74, 6) is 1.06. The minimum absolute atomic E-state index is 0.179. The number of allylic oxidation sites excluding steroid dienone is 1. The number of hydrogen-bond donors (Lipinski definition) is 0. The van der Waals surface area contributed by atoms with Crippen LogP contribution in [-0.2, 0) is 11.2 Å². The molecule has 1 heterocycles. The number of hydrogen-bond acceptors (Lipinski definition) is 3. The number of benzene rings is 1. The number of carbonyl (C=O) groups excluding carboxylic acids is 1. The monoisotopic (exact) mass is 259 g/mol. The van der Waals surface area contributed by atoms with E-state index in [0.717, 1.165) is 12.2 Å². The zero-order chi connectivity index (χ0) is 14.0. The molecule has 1 aliphatic heterocycles. The summed E-state index contributed by atoms with van der Waals surface area (Å²) in [5, 5.41) is 0. The van der Waals surface area contributed by atoms with Gasteiger partial charge in [0, 0.05) is 24.7 Å². The molecule has 0 fully saturated rings. The molecular formula is C16H21NO2. The molecule has 3 heteroatoms. The van der Waals surface area contributed by atoms with Crippen LogP contribution in [0.3, 0.4) is 0 Å². The van der Waals surface area contributed by atoms with E-state index in [2.05, 4.69) is 17.0 Å². The molecule has 19 heavy (non-hydrogen) atoms. The zero-order valence-electron chi connectivity index (χ0n) is 12.0. The Hall–Kier alpha value is -1.77. The van der Waals surface area contributed by atoms with Gasteiger partial charge in [0.15, 0.2) is 5.78 Å². The molecule has 0 saturated heterocycles. The molecule has 1 unspecified atom stereocenters. The lowest BCUT2D eigenvalue weighted by atomic mass is 9.75. The van der Waals surface area contributed by atoms with Crippen LogP contribution < -0.4 is 4.74 Å². The summed E-state index contributed by atoms with van der Waals surface area (Å²) in [6.45, 7) is 4.03. The topological polar surface area (TPSA) is 29.5 Å². The number of ketones is 1. The van der Waals surface area contributed by atoms with Gasteiger partial charge in [0.25, 0.3) is 0 Å². The lowest BCUT2D eigenvalue weighted by Crippen LogP contribution is -2.49. The largest absolute Gasteiger partial charge is 0.497 e. The Bertz CT molecular complexity index is 488. The predicted octanol–water partition coefficient (Wildman–Crippen LogP) is 2.66. The molecule has 0 aliphatic carbocycles. The highest BCUT2D eigenvalue weighted by molar-refractivity contribution is 5.95. The second-order valence-corrected chi connectivity index (χ2v) is 5.64. The second-order valence-electron chi connectivity index (χ2n) is 5.64. The van der Waals surface area contributed by atoms with Gasteiger partial charge >= 0.3 is 0 Å². The van der Waals surface area contributed by atoms with Crippen molar-refractivity contribution in [2.45, 2.75) is 26.3 Å². The van der Waals surface area contributed by atoms with E-state index in [0.29, 0.717) is 0 Å². The molecular weight excluding hydrogens is 238 g/mol. The van der Waals surface area contributed by atoms with Crippen molar-refractivity contribution >= 4 is 5.78 Å². The highest BCUT2D eigenvalue weighted by atomic mass is 16.5. The molecule has 1 aromatic rings. The number of rotatable bonds is 3. The summed E-state index contributed by atoms with van der Waals surface area (Å²) in [4.78, 5) is 14.2. The van der Waals surface area contributed by atoms with Gasteiger partial charge < -0.3 is 9.64 Å². The van der Waals surface area contributed by atoms with Gasteiger partial charge in [-0.05, 0) is 30.2 Å². The van der Waals surface area contributed by atoms with Gasteiger partial charge in [-0.25, -0.2) is 0 Å². The van der Waals surface area contributed by atoms with E-state index in [4.69, 9.17) is 4.74 Å². The Morgan fingerprint density at radius 2 is 1.89 bits per heavy atom. The minimum atomic E-state index is -0.358. The first-order valence-electron chi connectivity index (χ1n) is 6.52. The second kappa shape index (κ2) is 5.08. The number of ether oxygens (including phenoxy) is 1. The number of methoxy groups -OCH3 is 1. The average Bonchev–Trinajstić information content (AvgIpc) is 2.40. The molecule has 0 radical (unpaired) electrons. The van der Waals surface area contributed by atoms with Crippen molar-refractivity contribution in [2.24, 2.45) is 5.41 Å². The third-order valence-electron chi connectivity index (χ3n) is 4.01. The van der Waals surface area contributed by atoms with E-state index in [-0.39, 0.29) is 17.2 Å². The SMILES string of the molecule is COc1ccc(CC2N(C)C=CC(=O)C2(C)C)cc1. The lowest BCUT2D eigenvalue weighted by molar-refractivity contribution is -0.126. The zero-order valence-corrected chi connectivity index (χ0v) is 12.0. The van der Waals surface area contributed by atoms with Gasteiger partial charge in [-0.3, -0.25) is 4.79 Å². The van der Waals surface area contributed by atoms with E-state index >= 15 is 0 Å². The summed E-state index contributed by atoms with van der Waals surface area (Å²) >= 11 is 0. The molecule has 1 aliphatic rings. The van der Waals surface area contributed by atoms with E-state index in [1.807, 2.05) is 39.2 Å². The molecule has 0 N–H and O–H groups in total. The minimum Gasteiger partial charge on any atom is -0.497 e. The van der Waals surface area contributed by atoms with Crippen LogP contribution in [0.4, 0.5) is 0 Å². The third kappa shape index (κ3) is 2.65. The van der Waals surface area contributed by atoms with Gasteiger partial charge in [-0.15, -0.1) is 0 Å². The molecule has 0 saturated carbocycles. The molecule has 1 atom stereocenters. The number of likely N-dealkylation sites (N-methyl/N-ethyl adjacent to an activating group) is 1. The van der Waals surface area contributed by atoms with Crippen LogP contribution in [0.25, 0.3) is 0 Å². The highest BCUT2D eigenvalue weighted by Gasteiger charge is 2.39. The molecule has 102 valence electrons. The van der Waals surface area contributed by atoms with E-state index < -0.39 is 0 Å². The Balaban J connectivity index is 2.20. The van der Waals surface area contributed by atoms with Gasteiger partial charge in [0.05, 0.1) is 7.11 Å². The molecule has 0 aromatic heterocycles. The summed E-state index contributed by atoms with van der Waals surface area (Å²) in [6.07, 6.45) is 4.40. The first kappa shape index (κ1) is 13.7. The standard InChI is InChI=1S/C16H21NO2/c1-16(2)14(17(3)10-9-15(16)18)11-12-5-7-13(19-4)8-6-12/h5-10,14H,11H2,1-4H3. The van der Waals surface area contributed by atoms with Crippen LogP contribution in [0.15, 0.2) is 36.5 Å². The summed E-state index contributed by atoms with van der Waals surface area (Å²) < 4.78 is 5.16. The smallest absolute Gasteiger partial charge is 0.164 e. The first-order chi connectivity index (χ1) is 8.95. The normalized spacial score (nSPS) is 21.6. The Morgan fingerprint density at radius 1 is 1.26 bits per heavy atom. The summed E-state index contributed by atoms with van der Waals surface area (Å²) in [7, 11) is 3.69. The molecule has 0 bridgehead atoms. The average molecular weight is 259 g/mol. The van der Waals surface area contributed by atoms with Gasteiger partial charge in [0.2, 0.25) is 0 Å². The van der Waals surface area contributed by atoms with Crippen molar-refractivity contribution < 1.29 is 9.53 Å². The van der Waals surface area contributed by atoms with Crippen LogP contribution in [-0.4, -0.2) is 30.9 Å². The molecule has 0 amide bonds. The maximum atomic E-state index is 12.0. The van der Waals surface area contributed by atoms with Crippen LogP contribution in [0, 0.1) is 5.41 Å². The van der Waals surface area contributed by atoms with Crippen molar-refractivity contribution in [2.75, 3.05) is 14.2 Å². The van der Waals surface area contributed by atoms with Gasteiger partial charge in [0.1, 0.15) is 5.75 Å². The molecule has 0 spiro atoms. The Labute approximate surface area is 114 Å². The van der Waals surface area contributed by atoms with Crippen molar-refractivity contribution in [3.8, 4) is 5.75 Å². The summed E-state index contributed by atoms with van der Waals surface area (Å²) in [5.41, 5.74) is 0.859. The van der Waals surface area contributed by atoms with Crippen molar-refractivity contribution in [1.82, 2.24) is 4.90 Å². The maximum Gasteiger partial charge on any atom is 0.164 e. The fraction of sp³-hybridized carbons (Fsp3) is 0.438. The van der Waals surface area contributed by atoms with Crippen molar-refractivity contribution in [1.29, 1.82) is 0 Å². The molecule has 1 aromatic carbocycles. The van der Waals surface area contributed by atoms with Gasteiger partial charge in [-0.2, -0.15) is 0 Å². The predicted molar refractivity (Wildman–Crippen MR) is 76.2 cm³/mol. The van der Waals surface area contributed by atoms with Gasteiger partial charge in [-0.1, -0.05) is 26.0 Å². The van der Waals surface area contributed by atoms with Crippen LogP contribution in [0.1, 0.15) is 19.4 Å². The lowest BCUT2D eigenvalue weighted by Gasteiger charge is -2.41. The molecule has 3 nitrogen and oxygen atoms in total. The summed E-state index contributed by atoms with van der Waals surface area (Å²) in [6, 6.07) is 8.22. The van der Waals surface area contributed by atoms with Crippen molar-refractivity contribution in [3.63, 3.8) is 0 Å². The van der Waals surface area contributed by atoms with Crippen molar-refractivity contribution in [3.05, 3.63) is 42.1 Å². The van der Waals surface area contributed by atoms with Crippen LogP contribution in [0.5, 0.6) is 5.75 Å². The van der Waals surface area contributed by atoms with E-state index in [9.17, 15) is 4.79 Å². The fourth-order valence-corrected chi connectivity index (χ4v) is 2.56. The third-order valence-corrected chi connectivity index (χ3v) is 4.01. The number of carbonyl (C=O) groups is 1. The van der Waals surface area contributed by atoms with Crippen LogP contribution >= 0.6 is 0 Å². The highest BCUT2D eigenvalue weighted by Crippen LogP contribution is 2.32. The van der Waals surface area contributed by atoms with Crippen LogP contribution in [0.2, 0.25) is 0 Å². The first-order valence-corrected chi connectivity index (χ1v) is 6.52. The quantitative estimate of drug-likeness (QED) is 0.836. The Kier molecular flexibility index (Phi) is 3.65. The Morgan fingerprint density at radius 3 is 2.47 bits per heavy atom. The maximum absolute atomic E-state index is 12.0.